The Balaban J connectivity index is 0.00000324. The molecule has 0 heterocycles. The van der Waals surface area contributed by atoms with Gasteiger partial charge < -0.3 is 16.4 Å². The van der Waals surface area contributed by atoms with Crippen molar-refractivity contribution in [2.24, 2.45) is 5.73 Å². The lowest BCUT2D eigenvalue weighted by Gasteiger charge is -2.23. The van der Waals surface area contributed by atoms with Gasteiger partial charge in [0, 0.05) is 6.04 Å². The minimum Gasteiger partial charge on any atom is -0.352 e. The van der Waals surface area contributed by atoms with Crippen LogP contribution in [0.1, 0.15) is 51.9 Å². The number of nitrogens with two attached hydrogens (primary N) is 1. The van der Waals surface area contributed by atoms with E-state index in [9.17, 15) is 9.59 Å². The van der Waals surface area contributed by atoms with Gasteiger partial charge in [-0.1, -0.05) is 32.6 Å². The van der Waals surface area contributed by atoms with Gasteiger partial charge in [0.25, 0.3) is 0 Å². The van der Waals surface area contributed by atoms with E-state index in [2.05, 4.69) is 10.6 Å². The number of halogens is 1. The molecule has 0 aromatic rings. The Hall–Kier alpha value is -0.810. The number of hydrogen-bond donors (Lipinski definition) is 3. The number of hydrogen-bond acceptors (Lipinski definition) is 3. The summed E-state index contributed by atoms with van der Waals surface area (Å²) in [6.45, 7) is 2.01. The Morgan fingerprint density at radius 1 is 1.26 bits per heavy atom. The third-order valence-corrected chi connectivity index (χ3v) is 3.33. The molecule has 0 aromatic heterocycles. The summed E-state index contributed by atoms with van der Waals surface area (Å²) < 4.78 is 0. The molecule has 0 spiro atoms. The van der Waals surface area contributed by atoms with Crippen molar-refractivity contribution >= 4 is 24.2 Å². The van der Waals surface area contributed by atoms with E-state index < -0.39 is 6.04 Å². The fourth-order valence-electron chi connectivity index (χ4n) is 2.27. The van der Waals surface area contributed by atoms with Gasteiger partial charge in [0.15, 0.2) is 0 Å². The molecule has 0 aromatic carbocycles. The molecule has 4 N–H and O–H groups in total. The Labute approximate surface area is 121 Å². The molecule has 1 rings (SSSR count). The standard InChI is InChI=1S/C13H25N3O2.ClH/c1-2-6-11(14)13(18)15-9-12(17)16-10-7-4-3-5-8-10;/h10-11H,2-9,14H2,1H3,(H,15,18)(H,16,17);1H. The van der Waals surface area contributed by atoms with E-state index >= 15 is 0 Å². The molecule has 0 bridgehead atoms. The lowest BCUT2D eigenvalue weighted by molar-refractivity contribution is -0.127. The third kappa shape index (κ3) is 7.38. The van der Waals surface area contributed by atoms with Crippen molar-refractivity contribution in [1.82, 2.24) is 10.6 Å². The second-order valence-corrected chi connectivity index (χ2v) is 5.02. The van der Waals surface area contributed by atoms with Crippen LogP contribution in [0.2, 0.25) is 0 Å². The topological polar surface area (TPSA) is 84.2 Å². The van der Waals surface area contributed by atoms with E-state index in [1.165, 1.54) is 19.3 Å². The van der Waals surface area contributed by atoms with Crippen LogP contribution in [0, 0.1) is 0 Å². The maximum atomic E-state index is 11.6. The first kappa shape index (κ1) is 18.2. The Bertz CT molecular complexity index is 281. The van der Waals surface area contributed by atoms with Gasteiger partial charge in [-0.25, -0.2) is 0 Å². The van der Waals surface area contributed by atoms with Crippen LogP contribution < -0.4 is 16.4 Å². The van der Waals surface area contributed by atoms with E-state index in [0.29, 0.717) is 6.42 Å². The van der Waals surface area contributed by atoms with Crippen LogP contribution in [0.25, 0.3) is 0 Å². The second kappa shape index (κ2) is 10.0. The minimum atomic E-state index is -0.502. The summed E-state index contributed by atoms with van der Waals surface area (Å²) >= 11 is 0. The molecule has 1 saturated carbocycles. The molecule has 1 aliphatic rings. The van der Waals surface area contributed by atoms with Gasteiger partial charge >= 0.3 is 0 Å². The second-order valence-electron chi connectivity index (χ2n) is 5.02. The fourth-order valence-corrected chi connectivity index (χ4v) is 2.27. The van der Waals surface area contributed by atoms with Crippen molar-refractivity contribution in [2.45, 2.75) is 64.0 Å². The van der Waals surface area contributed by atoms with Gasteiger partial charge in [-0.05, 0) is 19.3 Å². The normalized spacial score (nSPS) is 17.2. The molecule has 1 fully saturated rings. The Morgan fingerprint density at radius 3 is 2.47 bits per heavy atom. The predicted octanol–water partition coefficient (Wildman–Crippen LogP) is 1.10. The average molecular weight is 292 g/mol. The lowest BCUT2D eigenvalue weighted by Crippen LogP contribution is -2.47. The Morgan fingerprint density at radius 2 is 1.89 bits per heavy atom. The number of carbonyl (C=O) groups excluding carboxylic acids is 2. The molecule has 19 heavy (non-hydrogen) atoms. The Kier molecular flexibility index (Phi) is 9.61. The number of rotatable bonds is 6. The minimum absolute atomic E-state index is 0. The van der Waals surface area contributed by atoms with Crippen molar-refractivity contribution in [3.63, 3.8) is 0 Å². The first-order chi connectivity index (χ1) is 8.63. The highest BCUT2D eigenvalue weighted by atomic mass is 35.5. The lowest BCUT2D eigenvalue weighted by atomic mass is 9.95. The summed E-state index contributed by atoms with van der Waals surface area (Å²) in [5.41, 5.74) is 5.65. The smallest absolute Gasteiger partial charge is 0.239 e. The summed E-state index contributed by atoms with van der Waals surface area (Å²) in [7, 11) is 0. The third-order valence-electron chi connectivity index (χ3n) is 3.33. The number of amides is 2. The predicted molar refractivity (Wildman–Crippen MR) is 78.2 cm³/mol. The van der Waals surface area contributed by atoms with E-state index in [-0.39, 0.29) is 36.8 Å². The molecule has 2 amide bonds. The van der Waals surface area contributed by atoms with Crippen molar-refractivity contribution in [3.8, 4) is 0 Å². The number of carbonyl (C=O) groups is 2. The first-order valence-corrected chi connectivity index (χ1v) is 6.96. The molecule has 112 valence electrons. The van der Waals surface area contributed by atoms with Gasteiger partial charge in [-0.15, -0.1) is 12.4 Å². The molecule has 1 aliphatic carbocycles. The highest BCUT2D eigenvalue weighted by Crippen LogP contribution is 2.16. The van der Waals surface area contributed by atoms with Crippen LogP contribution in [0.3, 0.4) is 0 Å². The van der Waals surface area contributed by atoms with Gasteiger partial charge in [-0.2, -0.15) is 0 Å². The highest BCUT2D eigenvalue weighted by molar-refractivity contribution is 5.87. The summed E-state index contributed by atoms with van der Waals surface area (Å²) in [6, 6.07) is -0.218. The van der Waals surface area contributed by atoms with Gasteiger partial charge in [0.1, 0.15) is 0 Å². The van der Waals surface area contributed by atoms with Gasteiger partial charge in [0.2, 0.25) is 11.8 Å². The van der Waals surface area contributed by atoms with E-state index in [4.69, 9.17) is 5.73 Å². The average Bonchev–Trinajstić information content (AvgIpc) is 2.37. The van der Waals surface area contributed by atoms with Crippen LogP contribution in [-0.4, -0.2) is 30.4 Å². The van der Waals surface area contributed by atoms with Crippen LogP contribution in [-0.2, 0) is 9.59 Å². The molecule has 1 unspecified atom stereocenters. The number of nitrogens with one attached hydrogen (secondary N) is 2. The maximum absolute atomic E-state index is 11.6. The molecule has 6 heteroatoms. The molecule has 1 atom stereocenters. The molecular formula is C13H26ClN3O2. The molecular weight excluding hydrogens is 266 g/mol. The zero-order valence-electron chi connectivity index (χ0n) is 11.6. The van der Waals surface area contributed by atoms with Crippen LogP contribution >= 0.6 is 12.4 Å². The molecule has 5 nitrogen and oxygen atoms in total. The monoisotopic (exact) mass is 291 g/mol. The van der Waals surface area contributed by atoms with Crippen molar-refractivity contribution in [1.29, 1.82) is 0 Å². The fraction of sp³-hybridized carbons (Fsp3) is 0.846. The molecule has 0 aliphatic heterocycles. The summed E-state index contributed by atoms with van der Waals surface area (Å²) in [5, 5.41) is 5.53. The largest absolute Gasteiger partial charge is 0.352 e. The summed E-state index contributed by atoms with van der Waals surface area (Å²) in [5.74, 6) is -0.352. The van der Waals surface area contributed by atoms with E-state index in [1.54, 1.807) is 0 Å². The van der Waals surface area contributed by atoms with Crippen LogP contribution in [0.4, 0.5) is 0 Å². The zero-order valence-corrected chi connectivity index (χ0v) is 12.4. The molecule has 0 radical (unpaired) electrons. The quantitative estimate of drug-likeness (QED) is 0.685. The van der Waals surface area contributed by atoms with Gasteiger partial charge in [-0.3, -0.25) is 9.59 Å². The molecule has 0 saturated heterocycles. The van der Waals surface area contributed by atoms with Crippen molar-refractivity contribution < 1.29 is 9.59 Å². The van der Waals surface area contributed by atoms with Crippen molar-refractivity contribution in [2.75, 3.05) is 6.54 Å². The van der Waals surface area contributed by atoms with Crippen LogP contribution in [0.15, 0.2) is 0 Å². The van der Waals surface area contributed by atoms with Crippen molar-refractivity contribution in [3.05, 3.63) is 0 Å². The maximum Gasteiger partial charge on any atom is 0.239 e. The highest BCUT2D eigenvalue weighted by Gasteiger charge is 2.17. The van der Waals surface area contributed by atoms with E-state index in [0.717, 1.165) is 19.3 Å². The first-order valence-electron chi connectivity index (χ1n) is 6.96. The van der Waals surface area contributed by atoms with Crippen LogP contribution in [0.5, 0.6) is 0 Å². The SMILES string of the molecule is CCCC(N)C(=O)NCC(=O)NC1CCCCC1.Cl. The summed E-state index contributed by atoms with van der Waals surface area (Å²) in [6.07, 6.45) is 7.23. The summed E-state index contributed by atoms with van der Waals surface area (Å²) in [4.78, 5) is 23.1. The van der Waals surface area contributed by atoms with E-state index in [1.807, 2.05) is 6.92 Å². The van der Waals surface area contributed by atoms with Gasteiger partial charge in [0.05, 0.1) is 12.6 Å². The zero-order chi connectivity index (χ0) is 13.4.